The number of benzene rings is 1. The third-order valence-corrected chi connectivity index (χ3v) is 3.57. The van der Waals surface area contributed by atoms with Crippen molar-refractivity contribution in [2.45, 2.75) is 25.2 Å². The van der Waals surface area contributed by atoms with Gasteiger partial charge in [-0.2, -0.15) is 0 Å². The molecule has 2 heterocycles. The lowest BCUT2D eigenvalue weighted by Gasteiger charge is -2.35. The van der Waals surface area contributed by atoms with Crippen molar-refractivity contribution < 1.29 is 14.3 Å². The van der Waals surface area contributed by atoms with Crippen LogP contribution in [0.5, 0.6) is 0 Å². The Morgan fingerprint density at radius 3 is 3.12 bits per heavy atom. The molecule has 1 spiro atoms. The average molecular weight is 298 g/mol. The number of hydrogen-bond acceptors (Lipinski definition) is 3. The first-order valence-corrected chi connectivity index (χ1v) is 6.34. The summed E-state index contributed by atoms with van der Waals surface area (Å²) in [6.07, 6.45) is 0.817. The second-order valence-electron chi connectivity index (χ2n) is 4.33. The van der Waals surface area contributed by atoms with Crippen LogP contribution < -0.4 is 5.32 Å². The second-order valence-corrected chi connectivity index (χ2v) is 5.24. The summed E-state index contributed by atoms with van der Waals surface area (Å²) in [5.74, 6) is -1.49. The Balaban J connectivity index is 2.11. The number of carbonyl (C=O) groups is 1. The standard InChI is InChI=1S/C12H12BrNO3/c1-7-4-5-16-12(17-7)9-6-8(13)2-3-10(9)14-11(12)15/h2-3,6-7H,4-5H2,1H3,(H,14,15)/t7-,12-/m1/s1. The zero-order valence-corrected chi connectivity index (χ0v) is 10.9. The minimum atomic E-state index is -1.25. The van der Waals surface area contributed by atoms with Crippen LogP contribution in [0.3, 0.4) is 0 Å². The van der Waals surface area contributed by atoms with Crippen molar-refractivity contribution in [3.8, 4) is 0 Å². The van der Waals surface area contributed by atoms with Crippen molar-refractivity contribution in [3.05, 3.63) is 28.2 Å². The molecule has 2 aliphatic rings. The molecule has 2 atom stereocenters. The summed E-state index contributed by atoms with van der Waals surface area (Å²) < 4.78 is 12.3. The third kappa shape index (κ3) is 1.61. The molecule has 90 valence electrons. The van der Waals surface area contributed by atoms with Crippen molar-refractivity contribution in [2.24, 2.45) is 0 Å². The van der Waals surface area contributed by atoms with Crippen LogP contribution in [0.2, 0.25) is 0 Å². The second kappa shape index (κ2) is 3.80. The van der Waals surface area contributed by atoms with Gasteiger partial charge in [0.05, 0.1) is 18.4 Å². The monoisotopic (exact) mass is 297 g/mol. The highest BCUT2D eigenvalue weighted by Crippen LogP contribution is 2.43. The Morgan fingerprint density at radius 2 is 2.35 bits per heavy atom. The molecule has 4 nitrogen and oxygen atoms in total. The molecule has 1 aromatic carbocycles. The Hall–Kier alpha value is -0.910. The molecular formula is C12H12BrNO3. The van der Waals surface area contributed by atoms with Gasteiger partial charge < -0.3 is 14.8 Å². The molecule has 0 aromatic heterocycles. The summed E-state index contributed by atoms with van der Waals surface area (Å²) in [4.78, 5) is 12.1. The van der Waals surface area contributed by atoms with E-state index in [1.54, 1.807) is 0 Å². The average Bonchev–Trinajstić information content (AvgIpc) is 2.53. The summed E-state index contributed by atoms with van der Waals surface area (Å²) in [5.41, 5.74) is 1.51. The fourth-order valence-electron chi connectivity index (χ4n) is 2.23. The van der Waals surface area contributed by atoms with E-state index in [0.29, 0.717) is 6.61 Å². The number of fused-ring (bicyclic) bond motifs is 2. The number of nitrogens with one attached hydrogen (secondary N) is 1. The van der Waals surface area contributed by atoms with E-state index < -0.39 is 5.79 Å². The molecule has 0 saturated carbocycles. The zero-order valence-electron chi connectivity index (χ0n) is 9.33. The first-order chi connectivity index (χ1) is 8.12. The number of rotatable bonds is 0. The molecule has 2 aliphatic heterocycles. The van der Waals surface area contributed by atoms with Crippen LogP contribution in [0, 0.1) is 0 Å². The lowest BCUT2D eigenvalue weighted by Crippen LogP contribution is -2.46. The fourth-order valence-corrected chi connectivity index (χ4v) is 2.59. The van der Waals surface area contributed by atoms with Gasteiger partial charge in [0, 0.05) is 10.0 Å². The predicted molar refractivity (Wildman–Crippen MR) is 65.6 cm³/mol. The highest BCUT2D eigenvalue weighted by Gasteiger charge is 2.52. The van der Waals surface area contributed by atoms with E-state index in [0.717, 1.165) is 22.1 Å². The van der Waals surface area contributed by atoms with Gasteiger partial charge in [-0.1, -0.05) is 15.9 Å². The molecule has 1 saturated heterocycles. The summed E-state index contributed by atoms with van der Waals surface area (Å²) in [6, 6.07) is 5.59. The first-order valence-electron chi connectivity index (χ1n) is 5.55. The van der Waals surface area contributed by atoms with Crippen LogP contribution in [0.4, 0.5) is 5.69 Å². The molecule has 1 N–H and O–H groups in total. The van der Waals surface area contributed by atoms with Gasteiger partial charge in [-0.3, -0.25) is 4.79 Å². The van der Waals surface area contributed by atoms with E-state index in [2.05, 4.69) is 21.2 Å². The molecular weight excluding hydrogens is 286 g/mol. The topological polar surface area (TPSA) is 47.6 Å². The van der Waals surface area contributed by atoms with Crippen LogP contribution in [0.15, 0.2) is 22.7 Å². The molecule has 0 unspecified atom stereocenters. The lowest BCUT2D eigenvalue weighted by molar-refractivity contribution is -0.276. The van der Waals surface area contributed by atoms with Crippen molar-refractivity contribution in [1.29, 1.82) is 0 Å². The maximum absolute atomic E-state index is 12.1. The SMILES string of the molecule is C[C@@H]1CCO[C@]2(O1)C(=O)Nc1ccc(Br)cc12. The van der Waals surface area contributed by atoms with E-state index in [1.807, 2.05) is 25.1 Å². The maximum atomic E-state index is 12.1. The molecule has 0 bridgehead atoms. The van der Waals surface area contributed by atoms with Crippen molar-refractivity contribution in [1.82, 2.24) is 0 Å². The minimum absolute atomic E-state index is 0.0134. The number of halogens is 1. The van der Waals surface area contributed by atoms with Gasteiger partial charge in [0.2, 0.25) is 0 Å². The van der Waals surface area contributed by atoms with Gasteiger partial charge in [0.25, 0.3) is 11.7 Å². The van der Waals surface area contributed by atoms with Gasteiger partial charge in [-0.25, -0.2) is 0 Å². The Labute approximate surface area is 107 Å². The third-order valence-electron chi connectivity index (χ3n) is 3.08. The van der Waals surface area contributed by atoms with Crippen LogP contribution >= 0.6 is 15.9 Å². The number of amides is 1. The number of carbonyl (C=O) groups excluding carboxylic acids is 1. The number of anilines is 1. The molecule has 1 amide bonds. The van der Waals surface area contributed by atoms with Crippen LogP contribution in [-0.2, 0) is 20.1 Å². The van der Waals surface area contributed by atoms with Crippen molar-refractivity contribution in [3.63, 3.8) is 0 Å². The lowest BCUT2D eigenvalue weighted by atomic mass is 10.1. The molecule has 0 radical (unpaired) electrons. The number of hydrogen-bond donors (Lipinski definition) is 1. The quantitative estimate of drug-likeness (QED) is 0.800. The van der Waals surface area contributed by atoms with Gasteiger partial charge >= 0.3 is 0 Å². The van der Waals surface area contributed by atoms with E-state index in [4.69, 9.17) is 9.47 Å². The van der Waals surface area contributed by atoms with Crippen molar-refractivity contribution >= 4 is 27.5 Å². The molecule has 17 heavy (non-hydrogen) atoms. The summed E-state index contributed by atoms with van der Waals surface area (Å²) >= 11 is 3.40. The highest BCUT2D eigenvalue weighted by atomic mass is 79.9. The van der Waals surface area contributed by atoms with E-state index in [1.165, 1.54) is 0 Å². The highest BCUT2D eigenvalue weighted by molar-refractivity contribution is 9.10. The van der Waals surface area contributed by atoms with Gasteiger partial charge in [0.1, 0.15) is 0 Å². The number of ether oxygens (including phenoxy) is 2. The normalized spacial score (nSPS) is 31.4. The Bertz CT molecular complexity index is 491. The summed E-state index contributed by atoms with van der Waals surface area (Å²) in [5, 5.41) is 2.80. The van der Waals surface area contributed by atoms with Crippen molar-refractivity contribution in [2.75, 3.05) is 11.9 Å². The predicted octanol–water partition coefficient (Wildman–Crippen LogP) is 2.38. The maximum Gasteiger partial charge on any atom is 0.289 e. The van der Waals surface area contributed by atoms with E-state index >= 15 is 0 Å². The molecule has 1 aromatic rings. The zero-order chi connectivity index (χ0) is 12.0. The van der Waals surface area contributed by atoms with Gasteiger partial charge in [0.15, 0.2) is 0 Å². The fraction of sp³-hybridized carbons (Fsp3) is 0.417. The molecule has 5 heteroatoms. The largest absolute Gasteiger partial charge is 0.338 e. The first kappa shape index (κ1) is 11.2. The van der Waals surface area contributed by atoms with E-state index in [9.17, 15) is 4.79 Å². The van der Waals surface area contributed by atoms with Gasteiger partial charge in [-0.15, -0.1) is 0 Å². The Morgan fingerprint density at radius 1 is 1.53 bits per heavy atom. The summed E-state index contributed by atoms with van der Waals surface area (Å²) in [7, 11) is 0. The van der Waals surface area contributed by atoms with Crippen LogP contribution in [-0.4, -0.2) is 18.6 Å². The molecule has 0 aliphatic carbocycles. The van der Waals surface area contributed by atoms with E-state index in [-0.39, 0.29) is 12.0 Å². The van der Waals surface area contributed by atoms with Gasteiger partial charge in [-0.05, 0) is 31.5 Å². The minimum Gasteiger partial charge on any atom is -0.338 e. The summed E-state index contributed by atoms with van der Waals surface area (Å²) in [6.45, 7) is 2.48. The molecule has 1 fully saturated rings. The smallest absolute Gasteiger partial charge is 0.289 e. The molecule has 3 rings (SSSR count). The van der Waals surface area contributed by atoms with Crippen LogP contribution in [0.25, 0.3) is 0 Å². The Kier molecular flexibility index (Phi) is 2.50. The van der Waals surface area contributed by atoms with Crippen LogP contribution in [0.1, 0.15) is 18.9 Å².